The first-order chi connectivity index (χ1) is 12.2. The first-order valence-corrected chi connectivity index (χ1v) is 8.50. The molecule has 132 valence electrons. The van der Waals surface area contributed by atoms with E-state index in [1.807, 2.05) is 18.2 Å². The Labute approximate surface area is 146 Å². The molecule has 1 aliphatic heterocycles. The van der Waals surface area contributed by atoms with Crippen molar-refractivity contribution in [3.63, 3.8) is 0 Å². The number of carbonyl (C=O) groups excluding carboxylic acids is 1. The summed E-state index contributed by atoms with van der Waals surface area (Å²) >= 11 is 0. The summed E-state index contributed by atoms with van der Waals surface area (Å²) in [6.07, 6.45) is 3.31. The van der Waals surface area contributed by atoms with E-state index >= 15 is 0 Å². The van der Waals surface area contributed by atoms with E-state index in [0.717, 1.165) is 12.8 Å². The van der Waals surface area contributed by atoms with Crippen molar-refractivity contribution in [3.05, 3.63) is 65.7 Å². The second-order valence-electron chi connectivity index (χ2n) is 6.05. The fourth-order valence-corrected chi connectivity index (χ4v) is 2.87. The Morgan fingerprint density at radius 1 is 1.28 bits per heavy atom. The number of carbonyl (C=O) groups is 1. The van der Waals surface area contributed by atoms with Gasteiger partial charge in [-0.1, -0.05) is 30.3 Å². The summed E-state index contributed by atoms with van der Waals surface area (Å²) in [5.74, 6) is -0.412. The Balaban J connectivity index is 1.47. The number of halogens is 1. The summed E-state index contributed by atoms with van der Waals surface area (Å²) in [5, 5.41) is 2.73. The number of urea groups is 1. The topological polar surface area (TPSA) is 54.5 Å². The largest absolute Gasteiger partial charge is 0.375 e. The van der Waals surface area contributed by atoms with Crippen LogP contribution >= 0.6 is 0 Å². The molecule has 1 aromatic heterocycles. The normalized spacial score (nSPS) is 17.3. The highest BCUT2D eigenvalue weighted by molar-refractivity contribution is 5.74. The fourth-order valence-electron chi connectivity index (χ4n) is 2.87. The first-order valence-electron chi connectivity index (χ1n) is 8.50. The van der Waals surface area contributed by atoms with Crippen LogP contribution < -0.4 is 5.32 Å². The Morgan fingerprint density at radius 3 is 2.92 bits per heavy atom. The number of amides is 2. The van der Waals surface area contributed by atoms with E-state index < -0.39 is 5.82 Å². The first kappa shape index (κ1) is 17.4. The molecule has 1 aliphatic rings. The Hall–Kier alpha value is -2.47. The van der Waals surface area contributed by atoms with E-state index in [1.54, 1.807) is 4.90 Å². The lowest BCUT2D eigenvalue weighted by molar-refractivity contribution is -0.0176. The second-order valence-corrected chi connectivity index (χ2v) is 6.05. The molecule has 5 nitrogen and oxygen atoms in total. The van der Waals surface area contributed by atoms with Gasteiger partial charge in [-0.2, -0.15) is 0 Å². The third-order valence-electron chi connectivity index (χ3n) is 4.27. The highest BCUT2D eigenvalue weighted by Crippen LogP contribution is 2.13. The van der Waals surface area contributed by atoms with Gasteiger partial charge in [-0.3, -0.25) is 4.98 Å². The van der Waals surface area contributed by atoms with Crippen molar-refractivity contribution in [1.29, 1.82) is 0 Å². The van der Waals surface area contributed by atoms with Crippen LogP contribution in [0.5, 0.6) is 0 Å². The molecule has 2 amide bonds. The minimum absolute atomic E-state index is 0.0197. The van der Waals surface area contributed by atoms with Gasteiger partial charge in [0.05, 0.1) is 24.9 Å². The highest BCUT2D eigenvalue weighted by Gasteiger charge is 2.24. The lowest BCUT2D eigenvalue weighted by Gasteiger charge is -2.33. The molecule has 0 unspecified atom stereocenters. The number of morpholine rings is 1. The molecule has 0 radical (unpaired) electrons. The number of benzene rings is 1. The molecule has 3 rings (SSSR count). The van der Waals surface area contributed by atoms with E-state index in [1.165, 1.54) is 23.9 Å². The molecule has 25 heavy (non-hydrogen) atoms. The third kappa shape index (κ3) is 5.00. The molecule has 0 aliphatic carbocycles. The fraction of sp³-hybridized carbons (Fsp3) is 0.368. The molecule has 1 aromatic carbocycles. The van der Waals surface area contributed by atoms with Crippen LogP contribution in [0.3, 0.4) is 0 Å². The zero-order chi connectivity index (χ0) is 17.5. The van der Waals surface area contributed by atoms with Gasteiger partial charge < -0.3 is 15.0 Å². The number of rotatable bonds is 5. The number of pyridine rings is 1. The van der Waals surface area contributed by atoms with E-state index in [0.29, 0.717) is 19.7 Å². The van der Waals surface area contributed by atoms with E-state index in [2.05, 4.69) is 22.4 Å². The van der Waals surface area contributed by atoms with Crippen LogP contribution in [0.1, 0.15) is 17.7 Å². The number of hydrogen-bond acceptors (Lipinski definition) is 3. The Morgan fingerprint density at radius 2 is 2.12 bits per heavy atom. The predicted octanol–water partition coefficient (Wildman–Crippen LogP) is 2.76. The number of aryl methyl sites for hydroxylation is 1. The van der Waals surface area contributed by atoms with Gasteiger partial charge in [0.1, 0.15) is 5.82 Å². The van der Waals surface area contributed by atoms with Crippen LogP contribution in [0, 0.1) is 5.82 Å². The molecule has 6 heteroatoms. The van der Waals surface area contributed by atoms with Crippen molar-refractivity contribution in [2.45, 2.75) is 25.5 Å². The maximum absolute atomic E-state index is 13.6. The molecular weight excluding hydrogens is 321 g/mol. The number of nitrogens with one attached hydrogen (secondary N) is 1. The SMILES string of the molecule is O=C(NCc1ncccc1F)N1CCO[C@H](CCc2ccccc2)C1. The van der Waals surface area contributed by atoms with Gasteiger partial charge in [0.2, 0.25) is 0 Å². The van der Waals surface area contributed by atoms with Crippen molar-refractivity contribution >= 4 is 6.03 Å². The van der Waals surface area contributed by atoms with Gasteiger partial charge in [0.15, 0.2) is 0 Å². The molecule has 2 heterocycles. The second kappa shape index (κ2) is 8.58. The van der Waals surface area contributed by atoms with E-state index in [-0.39, 0.29) is 24.4 Å². The molecule has 1 N–H and O–H groups in total. The number of nitrogens with zero attached hydrogens (tertiary/aromatic N) is 2. The van der Waals surface area contributed by atoms with Crippen molar-refractivity contribution < 1.29 is 13.9 Å². The zero-order valence-electron chi connectivity index (χ0n) is 14.0. The quantitative estimate of drug-likeness (QED) is 0.908. The molecule has 1 atom stereocenters. The zero-order valence-corrected chi connectivity index (χ0v) is 14.0. The van der Waals surface area contributed by atoms with Gasteiger partial charge in [-0.05, 0) is 30.5 Å². The maximum atomic E-state index is 13.6. The minimum Gasteiger partial charge on any atom is -0.375 e. The molecular formula is C19H22FN3O2. The van der Waals surface area contributed by atoms with Crippen molar-refractivity contribution in [2.24, 2.45) is 0 Å². The van der Waals surface area contributed by atoms with Crippen LogP contribution in [0.25, 0.3) is 0 Å². The Kier molecular flexibility index (Phi) is 5.95. The lowest BCUT2D eigenvalue weighted by Crippen LogP contribution is -2.49. The van der Waals surface area contributed by atoms with Gasteiger partial charge in [0, 0.05) is 19.3 Å². The molecule has 0 spiro atoms. The minimum atomic E-state index is -0.412. The van der Waals surface area contributed by atoms with Crippen LogP contribution in [-0.2, 0) is 17.7 Å². The standard InChI is InChI=1S/C19H22FN3O2/c20-17-7-4-10-21-18(17)13-22-19(24)23-11-12-25-16(14-23)9-8-15-5-2-1-3-6-15/h1-7,10,16H,8-9,11-14H2,(H,22,24)/t16-/m1/s1. The van der Waals surface area contributed by atoms with Gasteiger partial charge >= 0.3 is 6.03 Å². The average Bonchev–Trinajstić information content (AvgIpc) is 2.66. The molecule has 1 fully saturated rings. The van der Waals surface area contributed by atoms with Crippen LogP contribution in [0.15, 0.2) is 48.7 Å². The highest BCUT2D eigenvalue weighted by atomic mass is 19.1. The monoisotopic (exact) mass is 343 g/mol. The number of hydrogen-bond donors (Lipinski definition) is 1. The predicted molar refractivity (Wildman–Crippen MR) is 92.5 cm³/mol. The van der Waals surface area contributed by atoms with Gasteiger partial charge in [-0.15, -0.1) is 0 Å². The summed E-state index contributed by atoms with van der Waals surface area (Å²) < 4.78 is 19.3. The van der Waals surface area contributed by atoms with Gasteiger partial charge in [-0.25, -0.2) is 9.18 Å². The van der Waals surface area contributed by atoms with E-state index in [4.69, 9.17) is 4.74 Å². The number of aromatic nitrogens is 1. The number of ether oxygens (including phenoxy) is 1. The molecule has 2 aromatic rings. The lowest BCUT2D eigenvalue weighted by atomic mass is 10.1. The van der Waals surface area contributed by atoms with E-state index in [9.17, 15) is 9.18 Å². The van der Waals surface area contributed by atoms with Crippen LogP contribution in [0.4, 0.5) is 9.18 Å². The summed E-state index contributed by atoms with van der Waals surface area (Å²) in [4.78, 5) is 18.0. The smallest absolute Gasteiger partial charge is 0.317 e. The van der Waals surface area contributed by atoms with Crippen LogP contribution in [-0.4, -0.2) is 41.7 Å². The molecule has 0 saturated carbocycles. The van der Waals surface area contributed by atoms with Crippen molar-refractivity contribution in [3.8, 4) is 0 Å². The van der Waals surface area contributed by atoms with Crippen LogP contribution in [0.2, 0.25) is 0 Å². The van der Waals surface area contributed by atoms with Crippen molar-refractivity contribution in [1.82, 2.24) is 15.2 Å². The maximum Gasteiger partial charge on any atom is 0.317 e. The summed E-state index contributed by atoms with van der Waals surface area (Å²) in [5.41, 5.74) is 1.50. The average molecular weight is 343 g/mol. The summed E-state index contributed by atoms with van der Waals surface area (Å²) in [6.45, 7) is 1.68. The van der Waals surface area contributed by atoms with Crippen molar-refractivity contribution in [2.75, 3.05) is 19.7 Å². The van der Waals surface area contributed by atoms with Gasteiger partial charge in [0.25, 0.3) is 0 Å². The Bertz CT molecular complexity index is 696. The molecule has 1 saturated heterocycles. The third-order valence-corrected chi connectivity index (χ3v) is 4.27. The molecule has 0 bridgehead atoms. The summed E-state index contributed by atoms with van der Waals surface area (Å²) in [7, 11) is 0. The summed E-state index contributed by atoms with van der Waals surface area (Å²) in [6, 6.07) is 12.9.